The SMILES string of the molecule is COc1cc(NC(C)CCN(C)C)nc(N)n1. The fourth-order valence-electron chi connectivity index (χ4n) is 1.40. The molecular weight excluding hydrogens is 218 g/mol. The highest BCUT2D eigenvalue weighted by Crippen LogP contribution is 2.15. The van der Waals surface area contributed by atoms with Gasteiger partial charge in [-0.2, -0.15) is 9.97 Å². The summed E-state index contributed by atoms with van der Waals surface area (Å²) in [7, 11) is 5.66. The minimum atomic E-state index is 0.214. The number of nitrogen functional groups attached to an aromatic ring is 1. The quantitative estimate of drug-likeness (QED) is 0.765. The highest BCUT2D eigenvalue weighted by atomic mass is 16.5. The van der Waals surface area contributed by atoms with Crippen molar-refractivity contribution in [2.24, 2.45) is 0 Å². The van der Waals surface area contributed by atoms with Gasteiger partial charge in [0, 0.05) is 12.1 Å². The van der Waals surface area contributed by atoms with Crippen LogP contribution < -0.4 is 15.8 Å². The summed E-state index contributed by atoms with van der Waals surface area (Å²) in [6, 6.07) is 2.05. The van der Waals surface area contributed by atoms with Crippen LogP contribution in [0.3, 0.4) is 0 Å². The van der Waals surface area contributed by atoms with Crippen LogP contribution in [0, 0.1) is 0 Å². The van der Waals surface area contributed by atoms with E-state index in [2.05, 4.69) is 41.2 Å². The van der Waals surface area contributed by atoms with Crippen LogP contribution in [-0.2, 0) is 0 Å². The molecule has 6 nitrogen and oxygen atoms in total. The Labute approximate surface area is 102 Å². The number of aromatic nitrogens is 2. The number of nitrogens with zero attached hydrogens (tertiary/aromatic N) is 3. The molecule has 0 aliphatic rings. The number of hydrogen-bond donors (Lipinski definition) is 2. The summed E-state index contributed by atoms with van der Waals surface area (Å²) in [5.41, 5.74) is 5.58. The van der Waals surface area contributed by atoms with Crippen LogP contribution in [0.25, 0.3) is 0 Å². The highest BCUT2D eigenvalue weighted by molar-refractivity contribution is 5.43. The van der Waals surface area contributed by atoms with E-state index in [0.29, 0.717) is 17.7 Å². The number of anilines is 2. The van der Waals surface area contributed by atoms with Crippen LogP contribution >= 0.6 is 0 Å². The van der Waals surface area contributed by atoms with Gasteiger partial charge in [-0.15, -0.1) is 0 Å². The van der Waals surface area contributed by atoms with E-state index in [1.807, 2.05) is 0 Å². The smallest absolute Gasteiger partial charge is 0.225 e. The fraction of sp³-hybridized carbons (Fsp3) is 0.636. The van der Waals surface area contributed by atoms with E-state index in [1.54, 1.807) is 13.2 Å². The first-order valence-electron chi connectivity index (χ1n) is 5.61. The summed E-state index contributed by atoms with van der Waals surface area (Å²) >= 11 is 0. The average molecular weight is 239 g/mol. The molecule has 0 aliphatic heterocycles. The lowest BCUT2D eigenvalue weighted by molar-refractivity contribution is 0.389. The zero-order chi connectivity index (χ0) is 12.8. The molecule has 3 N–H and O–H groups in total. The van der Waals surface area contributed by atoms with Gasteiger partial charge in [-0.3, -0.25) is 0 Å². The maximum Gasteiger partial charge on any atom is 0.225 e. The third kappa shape index (κ3) is 4.86. The number of hydrogen-bond acceptors (Lipinski definition) is 6. The molecule has 0 aromatic carbocycles. The second kappa shape index (κ2) is 6.24. The third-order valence-corrected chi connectivity index (χ3v) is 2.33. The fourth-order valence-corrected chi connectivity index (χ4v) is 1.40. The lowest BCUT2D eigenvalue weighted by Crippen LogP contribution is -2.23. The minimum Gasteiger partial charge on any atom is -0.481 e. The van der Waals surface area contributed by atoms with Crippen LogP contribution in [0.1, 0.15) is 13.3 Å². The van der Waals surface area contributed by atoms with Crippen LogP contribution in [-0.4, -0.2) is 48.7 Å². The molecule has 0 radical (unpaired) electrons. The van der Waals surface area contributed by atoms with E-state index < -0.39 is 0 Å². The van der Waals surface area contributed by atoms with Crippen molar-refractivity contribution in [2.45, 2.75) is 19.4 Å². The van der Waals surface area contributed by atoms with Gasteiger partial charge < -0.3 is 20.7 Å². The zero-order valence-electron chi connectivity index (χ0n) is 10.9. The van der Waals surface area contributed by atoms with Gasteiger partial charge >= 0.3 is 0 Å². The Balaban J connectivity index is 2.58. The third-order valence-electron chi connectivity index (χ3n) is 2.33. The topological polar surface area (TPSA) is 76.3 Å². The molecule has 1 aromatic heterocycles. The Hall–Kier alpha value is -1.56. The Bertz CT molecular complexity index is 356. The number of nitrogens with two attached hydrogens (primary N) is 1. The lowest BCUT2D eigenvalue weighted by atomic mass is 10.2. The van der Waals surface area contributed by atoms with Gasteiger partial charge in [-0.1, -0.05) is 0 Å². The van der Waals surface area contributed by atoms with Crippen molar-refractivity contribution in [1.82, 2.24) is 14.9 Å². The normalized spacial score (nSPS) is 12.5. The molecular formula is C11H21N5O. The standard InChI is InChI=1S/C11H21N5O/c1-8(5-6-16(2)3)13-9-7-10(17-4)15-11(12)14-9/h7-8H,5-6H2,1-4H3,(H3,12,13,14,15). The van der Waals surface area contributed by atoms with Crippen LogP contribution in [0.4, 0.5) is 11.8 Å². The van der Waals surface area contributed by atoms with Crippen molar-refractivity contribution in [1.29, 1.82) is 0 Å². The molecule has 1 aromatic rings. The predicted molar refractivity (Wildman–Crippen MR) is 69.3 cm³/mol. The molecule has 1 unspecified atom stereocenters. The minimum absolute atomic E-state index is 0.214. The molecule has 0 amide bonds. The maximum atomic E-state index is 5.58. The van der Waals surface area contributed by atoms with Crippen molar-refractivity contribution in [2.75, 3.05) is 38.8 Å². The Kier molecular flexibility index (Phi) is 4.96. The van der Waals surface area contributed by atoms with Crippen molar-refractivity contribution in [3.8, 4) is 5.88 Å². The second-order valence-corrected chi connectivity index (χ2v) is 4.29. The molecule has 1 heterocycles. The summed E-state index contributed by atoms with van der Waals surface area (Å²) in [5, 5.41) is 3.28. The Morgan fingerprint density at radius 2 is 2.18 bits per heavy atom. The van der Waals surface area contributed by atoms with Gasteiger partial charge in [0.05, 0.1) is 7.11 Å². The predicted octanol–water partition coefficient (Wildman–Crippen LogP) is 0.819. The molecule has 0 saturated carbocycles. The second-order valence-electron chi connectivity index (χ2n) is 4.29. The van der Waals surface area contributed by atoms with E-state index in [-0.39, 0.29) is 5.95 Å². The van der Waals surface area contributed by atoms with E-state index in [4.69, 9.17) is 10.5 Å². The molecule has 0 fully saturated rings. The van der Waals surface area contributed by atoms with Crippen molar-refractivity contribution in [3.05, 3.63) is 6.07 Å². The summed E-state index contributed by atoms with van der Waals surface area (Å²) in [6.07, 6.45) is 1.03. The molecule has 17 heavy (non-hydrogen) atoms. The number of ether oxygens (including phenoxy) is 1. The van der Waals surface area contributed by atoms with Gasteiger partial charge in [0.15, 0.2) is 0 Å². The van der Waals surface area contributed by atoms with Gasteiger partial charge in [0.1, 0.15) is 5.82 Å². The Morgan fingerprint density at radius 3 is 2.76 bits per heavy atom. The van der Waals surface area contributed by atoms with Gasteiger partial charge in [0.2, 0.25) is 11.8 Å². The van der Waals surface area contributed by atoms with Gasteiger partial charge in [0.25, 0.3) is 0 Å². The molecule has 0 aliphatic carbocycles. The molecule has 0 spiro atoms. The first-order valence-corrected chi connectivity index (χ1v) is 5.61. The number of rotatable bonds is 6. The van der Waals surface area contributed by atoms with Crippen molar-refractivity contribution < 1.29 is 4.74 Å². The molecule has 6 heteroatoms. The largest absolute Gasteiger partial charge is 0.481 e. The number of methoxy groups -OCH3 is 1. The van der Waals surface area contributed by atoms with Crippen LogP contribution in [0.5, 0.6) is 5.88 Å². The molecule has 1 rings (SSSR count). The van der Waals surface area contributed by atoms with Crippen molar-refractivity contribution >= 4 is 11.8 Å². The summed E-state index contributed by atoms with van der Waals surface area (Å²) in [5.74, 6) is 1.38. The maximum absolute atomic E-state index is 5.58. The van der Waals surface area contributed by atoms with Gasteiger partial charge in [-0.25, -0.2) is 0 Å². The molecule has 0 saturated heterocycles. The first kappa shape index (κ1) is 13.5. The van der Waals surface area contributed by atoms with Crippen LogP contribution in [0.15, 0.2) is 6.07 Å². The summed E-state index contributed by atoms with van der Waals surface area (Å²) in [6.45, 7) is 3.13. The highest BCUT2D eigenvalue weighted by Gasteiger charge is 2.06. The monoisotopic (exact) mass is 239 g/mol. The van der Waals surface area contributed by atoms with Crippen molar-refractivity contribution in [3.63, 3.8) is 0 Å². The molecule has 1 atom stereocenters. The molecule has 0 bridgehead atoms. The number of nitrogens with one attached hydrogen (secondary N) is 1. The van der Waals surface area contributed by atoms with E-state index in [1.165, 1.54) is 0 Å². The first-order chi connectivity index (χ1) is 8.01. The Morgan fingerprint density at radius 1 is 1.47 bits per heavy atom. The van der Waals surface area contributed by atoms with E-state index in [9.17, 15) is 0 Å². The van der Waals surface area contributed by atoms with Gasteiger partial charge in [-0.05, 0) is 34.0 Å². The lowest BCUT2D eigenvalue weighted by Gasteiger charge is -2.17. The average Bonchev–Trinajstić information content (AvgIpc) is 2.25. The van der Waals surface area contributed by atoms with E-state index in [0.717, 1.165) is 13.0 Å². The molecule has 96 valence electrons. The summed E-state index contributed by atoms with van der Waals surface area (Å²) in [4.78, 5) is 10.2. The van der Waals surface area contributed by atoms with E-state index >= 15 is 0 Å². The summed E-state index contributed by atoms with van der Waals surface area (Å²) < 4.78 is 5.04. The van der Waals surface area contributed by atoms with Crippen LogP contribution in [0.2, 0.25) is 0 Å². The zero-order valence-corrected chi connectivity index (χ0v) is 10.9.